The van der Waals surface area contributed by atoms with Crippen LogP contribution < -0.4 is 0 Å². The van der Waals surface area contributed by atoms with Crippen molar-refractivity contribution in [2.45, 2.75) is 25.7 Å². The molecule has 2 heterocycles. The molecule has 0 unspecified atom stereocenters. The van der Waals surface area contributed by atoms with Gasteiger partial charge in [0.15, 0.2) is 0 Å². The molecule has 1 aromatic heterocycles. The van der Waals surface area contributed by atoms with Crippen molar-refractivity contribution in [1.29, 1.82) is 0 Å². The molecule has 0 atom stereocenters. The Bertz CT molecular complexity index is 455. The van der Waals surface area contributed by atoms with Crippen molar-refractivity contribution in [2.75, 3.05) is 13.1 Å². The van der Waals surface area contributed by atoms with Gasteiger partial charge in [-0.15, -0.1) is 0 Å². The second-order valence-electron chi connectivity index (χ2n) is 4.52. The van der Waals surface area contributed by atoms with Crippen LogP contribution in [0.1, 0.15) is 35.3 Å². The molecule has 1 amide bonds. The number of aromatic nitrogens is 1. The molecule has 1 aliphatic rings. The van der Waals surface area contributed by atoms with E-state index in [0.717, 1.165) is 25.9 Å². The van der Waals surface area contributed by atoms with Crippen LogP contribution in [-0.2, 0) is 16.2 Å². The maximum absolute atomic E-state index is 12.0. The van der Waals surface area contributed by atoms with Gasteiger partial charge in [0, 0.05) is 29.5 Å². The Kier molecular flexibility index (Phi) is 4.43. The average Bonchev–Trinajstić information content (AvgIpc) is 2.48. The Morgan fingerprint density at radius 2 is 2.00 bits per heavy atom. The van der Waals surface area contributed by atoms with Gasteiger partial charge in [-0.25, -0.2) is 9.74 Å². The van der Waals surface area contributed by atoms with Gasteiger partial charge >= 0.3 is 5.97 Å². The number of nitrogens with zero attached hydrogens (tertiary/aromatic N) is 2. The summed E-state index contributed by atoms with van der Waals surface area (Å²) in [5, 5.41) is 0. The van der Waals surface area contributed by atoms with Gasteiger partial charge in [0.1, 0.15) is 0 Å². The van der Waals surface area contributed by atoms with Gasteiger partial charge in [0.2, 0.25) is 5.91 Å². The minimum atomic E-state index is -1.08. The second-order valence-corrected chi connectivity index (χ2v) is 4.52. The van der Waals surface area contributed by atoms with E-state index < -0.39 is 5.97 Å². The van der Waals surface area contributed by atoms with Crippen LogP contribution in [0, 0.1) is 0 Å². The Balaban J connectivity index is 1.95. The van der Waals surface area contributed by atoms with E-state index in [9.17, 15) is 14.1 Å². The standard InChI is InChI=1S/C13H15FN2O3/c14-19-13(18)10-4-5-11(15-9-10)8-12(17)16-6-2-1-3-7-16/h4-5,9H,1-3,6-8H2. The van der Waals surface area contributed by atoms with Crippen molar-refractivity contribution in [3.63, 3.8) is 0 Å². The van der Waals surface area contributed by atoms with E-state index in [-0.39, 0.29) is 17.9 Å². The number of rotatable bonds is 3. The second kappa shape index (κ2) is 6.26. The summed E-state index contributed by atoms with van der Waals surface area (Å²) in [6.45, 7) is 1.59. The monoisotopic (exact) mass is 266 g/mol. The quantitative estimate of drug-likeness (QED) is 0.835. The molecular formula is C13H15FN2O3. The van der Waals surface area contributed by atoms with Crippen LogP contribution >= 0.6 is 0 Å². The van der Waals surface area contributed by atoms with Crippen molar-refractivity contribution < 1.29 is 19.1 Å². The summed E-state index contributed by atoms with van der Waals surface area (Å²) in [5.74, 6) is -1.05. The van der Waals surface area contributed by atoms with Gasteiger partial charge in [0.25, 0.3) is 0 Å². The van der Waals surface area contributed by atoms with Gasteiger partial charge in [-0.2, -0.15) is 0 Å². The lowest BCUT2D eigenvalue weighted by Crippen LogP contribution is -2.36. The number of piperidine rings is 1. The van der Waals surface area contributed by atoms with Crippen LogP contribution in [0.3, 0.4) is 0 Å². The Hall–Kier alpha value is -1.98. The number of amides is 1. The lowest BCUT2D eigenvalue weighted by atomic mass is 10.1. The van der Waals surface area contributed by atoms with Gasteiger partial charge in [-0.1, -0.05) is 0 Å². The fourth-order valence-electron chi connectivity index (χ4n) is 2.10. The molecule has 0 spiro atoms. The maximum Gasteiger partial charge on any atom is 0.381 e. The highest BCUT2D eigenvalue weighted by Crippen LogP contribution is 2.11. The van der Waals surface area contributed by atoms with Gasteiger partial charge in [-0.05, 0) is 31.4 Å². The van der Waals surface area contributed by atoms with Crippen molar-refractivity contribution in [3.8, 4) is 0 Å². The minimum absolute atomic E-state index is 0.0247. The Morgan fingerprint density at radius 3 is 2.58 bits per heavy atom. The van der Waals surface area contributed by atoms with Gasteiger partial charge in [-0.3, -0.25) is 9.78 Å². The molecule has 0 radical (unpaired) electrons. The smallest absolute Gasteiger partial charge is 0.342 e. The van der Waals surface area contributed by atoms with Gasteiger partial charge in [0.05, 0.1) is 12.0 Å². The summed E-state index contributed by atoms with van der Waals surface area (Å²) in [5.41, 5.74) is 0.586. The molecule has 1 saturated heterocycles. The largest absolute Gasteiger partial charge is 0.381 e. The third kappa shape index (κ3) is 3.49. The first kappa shape index (κ1) is 13.5. The molecular weight excluding hydrogens is 251 g/mol. The summed E-state index contributed by atoms with van der Waals surface area (Å²) in [7, 11) is 0. The van der Waals surface area contributed by atoms with Crippen LogP contribution in [0.15, 0.2) is 18.3 Å². The lowest BCUT2D eigenvalue weighted by Gasteiger charge is -2.26. The zero-order valence-electron chi connectivity index (χ0n) is 10.5. The highest BCUT2D eigenvalue weighted by molar-refractivity contribution is 5.88. The summed E-state index contributed by atoms with van der Waals surface area (Å²) in [6, 6.07) is 2.93. The van der Waals surface area contributed by atoms with Crippen LogP contribution in [0.5, 0.6) is 0 Å². The third-order valence-electron chi connectivity index (χ3n) is 3.17. The minimum Gasteiger partial charge on any atom is -0.342 e. The Labute approximate surface area is 110 Å². The number of likely N-dealkylation sites (tertiary alicyclic amines) is 1. The maximum atomic E-state index is 12.0. The molecule has 102 valence electrons. The van der Waals surface area contributed by atoms with Crippen LogP contribution in [0.4, 0.5) is 4.53 Å². The van der Waals surface area contributed by atoms with Crippen LogP contribution in [-0.4, -0.2) is 34.8 Å². The molecule has 1 aliphatic heterocycles. The molecule has 0 N–H and O–H groups in total. The van der Waals surface area contributed by atoms with Crippen molar-refractivity contribution in [2.24, 2.45) is 0 Å². The topological polar surface area (TPSA) is 59.5 Å². The van der Waals surface area contributed by atoms with E-state index in [1.165, 1.54) is 24.8 Å². The zero-order chi connectivity index (χ0) is 13.7. The molecule has 0 aromatic carbocycles. The van der Waals surface area contributed by atoms with E-state index in [4.69, 9.17) is 0 Å². The van der Waals surface area contributed by atoms with E-state index in [0.29, 0.717) is 5.69 Å². The molecule has 0 bridgehead atoms. The molecule has 0 aliphatic carbocycles. The van der Waals surface area contributed by atoms with Crippen molar-refractivity contribution in [3.05, 3.63) is 29.6 Å². The highest BCUT2D eigenvalue weighted by Gasteiger charge is 2.17. The molecule has 6 heteroatoms. The first-order valence-corrected chi connectivity index (χ1v) is 6.26. The van der Waals surface area contributed by atoms with E-state index in [2.05, 4.69) is 9.93 Å². The normalized spacial score (nSPS) is 15.1. The summed E-state index contributed by atoms with van der Waals surface area (Å²) >= 11 is 0. The van der Waals surface area contributed by atoms with Crippen molar-refractivity contribution >= 4 is 11.9 Å². The predicted molar refractivity (Wildman–Crippen MR) is 64.9 cm³/mol. The highest BCUT2D eigenvalue weighted by atomic mass is 19.3. The first-order chi connectivity index (χ1) is 9.20. The molecule has 1 fully saturated rings. The van der Waals surface area contributed by atoms with Crippen molar-refractivity contribution in [1.82, 2.24) is 9.88 Å². The fraction of sp³-hybridized carbons (Fsp3) is 0.462. The number of carbonyl (C=O) groups is 2. The summed E-state index contributed by atoms with van der Waals surface area (Å²) in [6.07, 6.45) is 4.66. The predicted octanol–water partition coefficient (Wildman–Crippen LogP) is 1.68. The van der Waals surface area contributed by atoms with E-state index >= 15 is 0 Å². The van der Waals surface area contributed by atoms with E-state index in [1.807, 2.05) is 4.90 Å². The SMILES string of the molecule is O=C(OF)c1ccc(CC(=O)N2CCCCC2)nc1. The molecule has 2 rings (SSSR count). The van der Waals surface area contributed by atoms with Crippen LogP contribution in [0.25, 0.3) is 0 Å². The molecule has 19 heavy (non-hydrogen) atoms. The molecule has 1 aromatic rings. The number of carbonyl (C=O) groups excluding carboxylic acids is 2. The zero-order valence-corrected chi connectivity index (χ0v) is 10.5. The molecule has 0 saturated carbocycles. The number of hydrogen-bond acceptors (Lipinski definition) is 4. The van der Waals surface area contributed by atoms with Crippen LogP contribution in [0.2, 0.25) is 0 Å². The number of pyridine rings is 1. The van der Waals surface area contributed by atoms with Gasteiger partial charge < -0.3 is 4.90 Å². The first-order valence-electron chi connectivity index (χ1n) is 6.26. The number of hydrogen-bond donors (Lipinski definition) is 0. The fourth-order valence-corrected chi connectivity index (χ4v) is 2.10. The number of halogens is 1. The summed E-state index contributed by atoms with van der Waals surface area (Å²) in [4.78, 5) is 31.8. The summed E-state index contributed by atoms with van der Waals surface area (Å²) < 4.78 is 11.7. The average molecular weight is 266 g/mol. The van der Waals surface area contributed by atoms with E-state index in [1.54, 1.807) is 0 Å². The third-order valence-corrected chi connectivity index (χ3v) is 3.17. The lowest BCUT2D eigenvalue weighted by molar-refractivity contribution is -0.131. The Morgan fingerprint density at radius 1 is 1.26 bits per heavy atom. The molecule has 5 nitrogen and oxygen atoms in total.